The van der Waals surface area contributed by atoms with Crippen LogP contribution in [0, 0.1) is 0 Å². The third-order valence-electron chi connectivity index (χ3n) is 2.62. The normalized spacial score (nSPS) is 19.6. The van der Waals surface area contributed by atoms with Gasteiger partial charge in [0.2, 0.25) is 0 Å². The molecule has 3 N–H and O–H groups in total. The number of phenolic OH excluding ortho intramolecular Hbond substituents is 1. The van der Waals surface area contributed by atoms with Crippen molar-refractivity contribution in [2.45, 2.75) is 25.8 Å². The highest BCUT2D eigenvalue weighted by Gasteiger charge is 2.25. The van der Waals surface area contributed by atoms with E-state index in [1.165, 1.54) is 0 Å². The summed E-state index contributed by atoms with van der Waals surface area (Å²) >= 11 is 0. The van der Waals surface area contributed by atoms with E-state index in [-0.39, 0.29) is 11.8 Å². The van der Waals surface area contributed by atoms with Gasteiger partial charge in [0, 0.05) is 11.1 Å². The maximum Gasteiger partial charge on any atom is 0.166 e. The number of fused-ring (bicyclic) bond motifs is 1. The second-order valence-corrected chi connectivity index (χ2v) is 3.99. The number of ether oxygens (including phenoxy) is 1. The van der Waals surface area contributed by atoms with E-state index < -0.39 is 0 Å². The van der Waals surface area contributed by atoms with Crippen molar-refractivity contribution in [1.29, 1.82) is 0 Å². The molecule has 3 heteroatoms. The van der Waals surface area contributed by atoms with Gasteiger partial charge in [-0.15, -0.1) is 0 Å². The lowest BCUT2D eigenvalue weighted by Gasteiger charge is -2.11. The van der Waals surface area contributed by atoms with Gasteiger partial charge in [-0.3, -0.25) is 0 Å². The minimum absolute atomic E-state index is 0.0999. The van der Waals surface area contributed by atoms with Crippen molar-refractivity contribution in [3.8, 4) is 11.5 Å². The number of aromatic hydroxyl groups is 1. The molecule has 0 spiro atoms. The molecule has 0 bridgehead atoms. The van der Waals surface area contributed by atoms with Crippen LogP contribution in [0.3, 0.4) is 0 Å². The Labute approximate surface area is 83.5 Å². The molecule has 0 saturated heterocycles. The lowest BCUT2D eigenvalue weighted by Crippen LogP contribution is -2.10. The maximum atomic E-state index is 9.92. The first kappa shape index (κ1) is 9.34. The summed E-state index contributed by atoms with van der Waals surface area (Å²) < 4.78 is 5.36. The molecule has 1 atom stereocenters. The van der Waals surface area contributed by atoms with Crippen LogP contribution in [-0.4, -0.2) is 11.7 Å². The predicted molar refractivity (Wildman–Crippen MR) is 54.6 cm³/mol. The van der Waals surface area contributed by atoms with Crippen LogP contribution in [0.15, 0.2) is 12.1 Å². The van der Waals surface area contributed by atoms with E-state index in [0.717, 1.165) is 11.1 Å². The van der Waals surface area contributed by atoms with Crippen molar-refractivity contribution >= 4 is 0 Å². The van der Waals surface area contributed by atoms with E-state index in [4.69, 9.17) is 10.5 Å². The number of hydrogen-bond acceptors (Lipinski definition) is 3. The van der Waals surface area contributed by atoms with Crippen LogP contribution in [0.25, 0.3) is 0 Å². The molecule has 2 rings (SSSR count). The van der Waals surface area contributed by atoms with Crippen LogP contribution < -0.4 is 10.5 Å². The average molecular weight is 193 g/mol. The first-order valence-electron chi connectivity index (χ1n) is 4.85. The molecule has 3 nitrogen and oxygen atoms in total. The highest BCUT2D eigenvalue weighted by atomic mass is 16.5. The lowest BCUT2D eigenvalue weighted by atomic mass is 9.98. The fourth-order valence-electron chi connectivity index (χ4n) is 1.77. The Hall–Kier alpha value is -1.22. The highest BCUT2D eigenvalue weighted by molar-refractivity contribution is 5.54. The summed E-state index contributed by atoms with van der Waals surface area (Å²) in [4.78, 5) is 0. The summed E-state index contributed by atoms with van der Waals surface area (Å²) in [6.07, 6.45) is 0. The third-order valence-corrected chi connectivity index (χ3v) is 2.62. The second-order valence-electron chi connectivity index (χ2n) is 3.99. The molecule has 1 aliphatic heterocycles. The van der Waals surface area contributed by atoms with Gasteiger partial charge < -0.3 is 15.6 Å². The summed E-state index contributed by atoms with van der Waals surface area (Å²) in [5, 5.41) is 9.92. The topological polar surface area (TPSA) is 55.5 Å². The number of hydrogen-bond donors (Lipinski definition) is 2. The van der Waals surface area contributed by atoms with Gasteiger partial charge in [-0.05, 0) is 5.92 Å². The van der Waals surface area contributed by atoms with Gasteiger partial charge in [-0.25, -0.2) is 0 Å². The van der Waals surface area contributed by atoms with Crippen molar-refractivity contribution in [3.63, 3.8) is 0 Å². The first-order valence-corrected chi connectivity index (χ1v) is 4.85. The van der Waals surface area contributed by atoms with Gasteiger partial charge in [0.25, 0.3) is 0 Å². The predicted octanol–water partition coefficient (Wildman–Crippen LogP) is 1.91. The largest absolute Gasteiger partial charge is 0.504 e. The van der Waals surface area contributed by atoms with Crippen LogP contribution in [-0.2, 0) is 0 Å². The van der Waals surface area contributed by atoms with E-state index in [1.54, 1.807) is 0 Å². The van der Waals surface area contributed by atoms with Gasteiger partial charge in [0.05, 0.1) is 6.04 Å². The fraction of sp³-hybridized carbons (Fsp3) is 0.455. The van der Waals surface area contributed by atoms with Crippen molar-refractivity contribution in [2.75, 3.05) is 6.61 Å². The molecule has 1 aliphatic rings. The van der Waals surface area contributed by atoms with Gasteiger partial charge >= 0.3 is 0 Å². The van der Waals surface area contributed by atoms with Gasteiger partial charge in [-0.1, -0.05) is 26.0 Å². The Morgan fingerprint density at radius 2 is 2.21 bits per heavy atom. The number of benzene rings is 1. The van der Waals surface area contributed by atoms with Gasteiger partial charge in [-0.2, -0.15) is 0 Å². The SMILES string of the molecule is CC(C)c1ccc2c(c1O)OC[C@@H]2N. The molecular weight excluding hydrogens is 178 g/mol. The smallest absolute Gasteiger partial charge is 0.166 e. The molecule has 1 heterocycles. The van der Waals surface area contributed by atoms with Gasteiger partial charge in [0.1, 0.15) is 6.61 Å². The van der Waals surface area contributed by atoms with E-state index in [2.05, 4.69) is 0 Å². The molecule has 76 valence electrons. The monoisotopic (exact) mass is 193 g/mol. The summed E-state index contributed by atoms with van der Waals surface area (Å²) in [6.45, 7) is 4.54. The lowest BCUT2D eigenvalue weighted by molar-refractivity contribution is 0.315. The van der Waals surface area contributed by atoms with E-state index in [9.17, 15) is 5.11 Å². The minimum Gasteiger partial charge on any atom is -0.504 e. The van der Waals surface area contributed by atoms with E-state index in [1.807, 2.05) is 26.0 Å². The molecule has 0 aromatic heterocycles. The summed E-state index contributed by atoms with van der Waals surface area (Å²) in [5.74, 6) is 1.12. The third kappa shape index (κ3) is 1.24. The molecule has 0 aliphatic carbocycles. The standard InChI is InChI=1S/C11H15NO2/c1-6(2)7-3-4-8-9(12)5-14-11(8)10(7)13/h3-4,6,9,13H,5,12H2,1-2H3/t9-/m0/s1. The van der Waals surface area contributed by atoms with E-state index in [0.29, 0.717) is 18.3 Å². The maximum absolute atomic E-state index is 9.92. The molecule has 14 heavy (non-hydrogen) atoms. The molecule has 0 unspecified atom stereocenters. The quantitative estimate of drug-likeness (QED) is 0.716. The summed E-state index contributed by atoms with van der Waals surface area (Å²) in [6, 6.07) is 3.77. The Kier molecular flexibility index (Phi) is 2.11. The molecule has 0 radical (unpaired) electrons. The average Bonchev–Trinajstić information content (AvgIpc) is 2.49. The highest BCUT2D eigenvalue weighted by Crippen LogP contribution is 2.42. The van der Waals surface area contributed by atoms with Crippen LogP contribution in [0.1, 0.15) is 36.9 Å². The Bertz CT molecular complexity index is 361. The van der Waals surface area contributed by atoms with E-state index >= 15 is 0 Å². The molecular formula is C11H15NO2. The molecule has 1 aromatic rings. The minimum atomic E-state index is -0.0999. The molecule has 0 amide bonds. The fourth-order valence-corrected chi connectivity index (χ4v) is 1.77. The summed E-state index contributed by atoms with van der Waals surface area (Å²) in [5.41, 5.74) is 7.63. The number of rotatable bonds is 1. The molecule has 0 fully saturated rings. The van der Waals surface area contributed by atoms with Crippen molar-refractivity contribution < 1.29 is 9.84 Å². The molecule has 0 saturated carbocycles. The van der Waals surface area contributed by atoms with Crippen molar-refractivity contribution in [1.82, 2.24) is 0 Å². The van der Waals surface area contributed by atoms with Crippen LogP contribution >= 0.6 is 0 Å². The Morgan fingerprint density at radius 1 is 1.50 bits per heavy atom. The zero-order chi connectivity index (χ0) is 10.3. The van der Waals surface area contributed by atoms with Crippen molar-refractivity contribution in [2.24, 2.45) is 5.73 Å². The zero-order valence-electron chi connectivity index (χ0n) is 8.45. The van der Waals surface area contributed by atoms with Crippen LogP contribution in [0.2, 0.25) is 0 Å². The number of nitrogens with two attached hydrogens (primary N) is 1. The first-order chi connectivity index (χ1) is 6.61. The van der Waals surface area contributed by atoms with Crippen LogP contribution in [0.5, 0.6) is 11.5 Å². The Morgan fingerprint density at radius 3 is 2.86 bits per heavy atom. The Balaban J connectivity index is 2.53. The van der Waals surface area contributed by atoms with Crippen molar-refractivity contribution in [3.05, 3.63) is 23.3 Å². The zero-order valence-corrected chi connectivity index (χ0v) is 8.45. The number of phenols is 1. The molecule has 1 aromatic carbocycles. The van der Waals surface area contributed by atoms with Gasteiger partial charge in [0.15, 0.2) is 11.5 Å². The second kappa shape index (κ2) is 3.17. The van der Waals surface area contributed by atoms with Crippen LogP contribution in [0.4, 0.5) is 0 Å². The summed E-state index contributed by atoms with van der Waals surface area (Å²) in [7, 11) is 0.